The summed E-state index contributed by atoms with van der Waals surface area (Å²) in [5.41, 5.74) is -0.737. The number of urea groups is 1. The van der Waals surface area contributed by atoms with E-state index in [9.17, 15) is 14.0 Å². The molecule has 1 aromatic carbocycles. The Labute approximate surface area is 122 Å². The highest BCUT2D eigenvalue weighted by Crippen LogP contribution is 2.21. The number of amides is 2. The van der Waals surface area contributed by atoms with Crippen LogP contribution in [0.5, 0.6) is 0 Å². The lowest BCUT2D eigenvalue weighted by molar-refractivity contribution is 0.0697. The summed E-state index contributed by atoms with van der Waals surface area (Å²) in [7, 11) is 0. The monoisotopic (exact) mass is 310 g/mol. The van der Waals surface area contributed by atoms with E-state index in [1.807, 2.05) is 6.92 Å². The Morgan fingerprint density at radius 2 is 2.10 bits per heavy atom. The number of rotatable bonds is 4. The maximum Gasteiger partial charge on any atom is 0.337 e. The van der Waals surface area contributed by atoms with Crippen LogP contribution < -0.4 is 10.6 Å². The Bertz CT molecular complexity index is 689. The molecule has 0 saturated carbocycles. The molecule has 0 atom stereocenters. The number of carbonyl (C=O) groups excluding carboxylic acids is 1. The third-order valence-electron chi connectivity index (χ3n) is 2.47. The third kappa shape index (κ3) is 3.51. The van der Waals surface area contributed by atoms with Gasteiger partial charge in [-0.1, -0.05) is 24.3 Å². The average Bonchev–Trinajstić information content (AvgIpc) is 2.88. The molecule has 1 aromatic heterocycles. The minimum atomic E-state index is -1.34. The molecular formula is C12H11FN4O3S. The predicted octanol–water partition coefficient (Wildman–Crippen LogP) is 2.58. The molecule has 2 rings (SSSR count). The Morgan fingerprint density at radius 1 is 1.33 bits per heavy atom. The van der Waals surface area contributed by atoms with Gasteiger partial charge < -0.3 is 10.4 Å². The second-order valence-corrected chi connectivity index (χ2v) is 4.96. The van der Waals surface area contributed by atoms with Crippen molar-refractivity contribution in [3.05, 3.63) is 34.6 Å². The van der Waals surface area contributed by atoms with Gasteiger partial charge in [0.1, 0.15) is 10.8 Å². The van der Waals surface area contributed by atoms with Crippen LogP contribution in [0.15, 0.2) is 18.2 Å². The van der Waals surface area contributed by atoms with Gasteiger partial charge in [-0.3, -0.25) is 5.32 Å². The number of carboxylic acid groups (broad SMARTS) is 1. The van der Waals surface area contributed by atoms with Crippen molar-refractivity contribution >= 4 is 34.2 Å². The van der Waals surface area contributed by atoms with Crippen molar-refractivity contribution < 1.29 is 19.1 Å². The van der Waals surface area contributed by atoms with E-state index in [0.717, 1.165) is 11.1 Å². The SMILES string of the molecule is CCc1nnc(NC(=O)Nc2c(F)cccc2C(=O)O)s1. The van der Waals surface area contributed by atoms with Crippen LogP contribution in [-0.4, -0.2) is 27.3 Å². The van der Waals surface area contributed by atoms with Gasteiger partial charge in [-0.15, -0.1) is 10.2 Å². The maximum atomic E-state index is 13.6. The highest BCUT2D eigenvalue weighted by atomic mass is 32.1. The number of para-hydroxylation sites is 1. The molecule has 0 saturated heterocycles. The number of nitrogens with one attached hydrogen (secondary N) is 2. The van der Waals surface area contributed by atoms with E-state index in [1.54, 1.807) is 0 Å². The van der Waals surface area contributed by atoms with Gasteiger partial charge in [0.25, 0.3) is 0 Å². The largest absolute Gasteiger partial charge is 0.478 e. The van der Waals surface area contributed by atoms with Crippen LogP contribution in [-0.2, 0) is 6.42 Å². The molecule has 0 radical (unpaired) electrons. The molecule has 2 amide bonds. The van der Waals surface area contributed by atoms with Crippen molar-refractivity contribution in [1.82, 2.24) is 10.2 Å². The van der Waals surface area contributed by atoms with Crippen molar-refractivity contribution in [3.63, 3.8) is 0 Å². The van der Waals surface area contributed by atoms with E-state index in [4.69, 9.17) is 5.11 Å². The molecule has 110 valence electrons. The fourth-order valence-corrected chi connectivity index (χ4v) is 2.19. The first kappa shape index (κ1) is 14.9. The number of aromatic carboxylic acids is 1. The van der Waals surface area contributed by atoms with Crippen LogP contribution in [0.25, 0.3) is 0 Å². The number of carboxylic acids is 1. The topological polar surface area (TPSA) is 104 Å². The van der Waals surface area contributed by atoms with Crippen LogP contribution in [0.2, 0.25) is 0 Å². The minimum Gasteiger partial charge on any atom is -0.478 e. The standard InChI is InChI=1S/C12H11FN4O3S/c1-2-8-16-17-12(21-8)15-11(20)14-9-6(10(18)19)4-3-5-7(9)13/h3-5H,2H2,1H3,(H,18,19)(H2,14,15,17,20). The average molecular weight is 310 g/mol. The van der Waals surface area contributed by atoms with E-state index in [0.29, 0.717) is 6.42 Å². The molecule has 1 heterocycles. The molecule has 7 nitrogen and oxygen atoms in total. The molecule has 9 heteroatoms. The van der Waals surface area contributed by atoms with Gasteiger partial charge in [0.2, 0.25) is 5.13 Å². The molecule has 21 heavy (non-hydrogen) atoms. The first-order valence-corrected chi connectivity index (χ1v) is 6.75. The lowest BCUT2D eigenvalue weighted by Gasteiger charge is -2.09. The van der Waals surface area contributed by atoms with Crippen LogP contribution in [0, 0.1) is 5.82 Å². The van der Waals surface area contributed by atoms with Gasteiger partial charge in [-0.25, -0.2) is 14.0 Å². The van der Waals surface area contributed by atoms with E-state index < -0.39 is 23.5 Å². The molecule has 3 N–H and O–H groups in total. The Balaban J connectivity index is 2.14. The summed E-state index contributed by atoms with van der Waals surface area (Å²) in [6.45, 7) is 1.89. The zero-order chi connectivity index (χ0) is 15.4. The van der Waals surface area contributed by atoms with Crippen molar-refractivity contribution in [1.29, 1.82) is 0 Å². The second-order valence-electron chi connectivity index (χ2n) is 3.90. The molecule has 0 aliphatic heterocycles. The fourth-order valence-electron chi connectivity index (χ4n) is 1.52. The molecule has 0 unspecified atom stereocenters. The van der Waals surface area contributed by atoms with Crippen LogP contribution in [0.4, 0.5) is 20.0 Å². The zero-order valence-corrected chi connectivity index (χ0v) is 11.7. The molecule has 0 spiro atoms. The smallest absolute Gasteiger partial charge is 0.337 e. The van der Waals surface area contributed by atoms with E-state index >= 15 is 0 Å². The number of anilines is 2. The van der Waals surface area contributed by atoms with Crippen molar-refractivity contribution in [2.75, 3.05) is 10.6 Å². The number of carbonyl (C=O) groups is 2. The lowest BCUT2D eigenvalue weighted by Crippen LogP contribution is -2.21. The van der Waals surface area contributed by atoms with Crippen LogP contribution >= 0.6 is 11.3 Å². The fraction of sp³-hybridized carbons (Fsp3) is 0.167. The Hall–Kier alpha value is -2.55. The van der Waals surface area contributed by atoms with Gasteiger partial charge in [0.15, 0.2) is 0 Å². The first-order chi connectivity index (χ1) is 10.0. The van der Waals surface area contributed by atoms with Crippen LogP contribution in [0.1, 0.15) is 22.3 Å². The highest BCUT2D eigenvalue weighted by molar-refractivity contribution is 7.15. The van der Waals surface area contributed by atoms with Gasteiger partial charge in [-0.2, -0.15) is 0 Å². The van der Waals surface area contributed by atoms with Crippen molar-refractivity contribution in [2.24, 2.45) is 0 Å². The summed E-state index contributed by atoms with van der Waals surface area (Å²) in [5, 5.41) is 22.0. The zero-order valence-electron chi connectivity index (χ0n) is 10.9. The molecule has 0 bridgehead atoms. The highest BCUT2D eigenvalue weighted by Gasteiger charge is 2.17. The van der Waals surface area contributed by atoms with Crippen molar-refractivity contribution in [2.45, 2.75) is 13.3 Å². The van der Waals surface area contributed by atoms with E-state index in [2.05, 4.69) is 20.8 Å². The molecular weight excluding hydrogens is 299 g/mol. The third-order valence-corrected chi connectivity index (χ3v) is 3.46. The summed E-state index contributed by atoms with van der Waals surface area (Å²) in [6, 6.07) is 2.71. The van der Waals surface area contributed by atoms with E-state index in [1.165, 1.54) is 23.5 Å². The summed E-state index contributed by atoms with van der Waals surface area (Å²) in [4.78, 5) is 22.8. The quantitative estimate of drug-likeness (QED) is 0.805. The Morgan fingerprint density at radius 3 is 2.71 bits per heavy atom. The number of hydrogen-bond acceptors (Lipinski definition) is 5. The summed E-state index contributed by atoms with van der Waals surface area (Å²) < 4.78 is 13.6. The maximum absolute atomic E-state index is 13.6. The second kappa shape index (κ2) is 6.27. The summed E-state index contributed by atoms with van der Waals surface area (Å²) >= 11 is 1.18. The van der Waals surface area contributed by atoms with Crippen molar-refractivity contribution in [3.8, 4) is 0 Å². The minimum absolute atomic E-state index is 0.248. The van der Waals surface area contributed by atoms with Gasteiger partial charge in [0.05, 0.1) is 11.3 Å². The lowest BCUT2D eigenvalue weighted by atomic mass is 10.1. The molecule has 0 fully saturated rings. The van der Waals surface area contributed by atoms with Gasteiger partial charge in [0, 0.05) is 0 Å². The number of nitrogens with zero attached hydrogens (tertiary/aromatic N) is 2. The molecule has 0 aliphatic carbocycles. The van der Waals surface area contributed by atoms with Crippen LogP contribution in [0.3, 0.4) is 0 Å². The number of benzene rings is 1. The summed E-state index contributed by atoms with van der Waals surface area (Å²) in [6.07, 6.45) is 0.678. The number of halogens is 1. The number of hydrogen-bond donors (Lipinski definition) is 3. The number of aromatic nitrogens is 2. The first-order valence-electron chi connectivity index (χ1n) is 5.93. The predicted molar refractivity (Wildman–Crippen MR) is 75.3 cm³/mol. The Kier molecular flexibility index (Phi) is 4.43. The normalized spacial score (nSPS) is 10.2. The molecule has 0 aliphatic rings. The van der Waals surface area contributed by atoms with E-state index in [-0.39, 0.29) is 10.7 Å². The summed E-state index contributed by atoms with van der Waals surface area (Å²) in [5.74, 6) is -2.18. The number of aryl methyl sites for hydroxylation is 1. The van der Waals surface area contributed by atoms with Gasteiger partial charge >= 0.3 is 12.0 Å². The van der Waals surface area contributed by atoms with Gasteiger partial charge in [-0.05, 0) is 18.6 Å². The molecule has 2 aromatic rings.